The van der Waals surface area contributed by atoms with Gasteiger partial charge in [-0.1, -0.05) is 31.2 Å². The van der Waals surface area contributed by atoms with Crippen molar-refractivity contribution in [2.75, 3.05) is 13.1 Å². The fourth-order valence-corrected chi connectivity index (χ4v) is 4.63. The summed E-state index contributed by atoms with van der Waals surface area (Å²) in [5, 5.41) is 13.6. The summed E-state index contributed by atoms with van der Waals surface area (Å²) in [6.07, 6.45) is 8.23. The number of hydrogen-bond donors (Lipinski definition) is 2. The number of carbonyl (C=O) groups excluding carboxylic acids is 1. The highest BCUT2D eigenvalue weighted by atomic mass is 32.1. The molecule has 1 aromatic heterocycles. The Bertz CT molecular complexity index is 1030. The molecule has 2 aromatic rings. The molecule has 2 fully saturated rings. The second-order valence-corrected chi connectivity index (χ2v) is 9.23. The summed E-state index contributed by atoms with van der Waals surface area (Å²) in [4.78, 5) is 26.6. The summed E-state index contributed by atoms with van der Waals surface area (Å²) >= 11 is 4.73. The minimum absolute atomic E-state index is 0.00773. The number of carbonyl (C=O) groups is 2. The van der Waals surface area contributed by atoms with Gasteiger partial charge in [0, 0.05) is 41.6 Å². The molecule has 170 valence electrons. The monoisotopic (exact) mass is 457 g/mol. The van der Waals surface area contributed by atoms with Gasteiger partial charge < -0.3 is 5.11 Å². The largest absolute Gasteiger partial charge is 0.480 e. The highest BCUT2D eigenvalue weighted by Gasteiger charge is 2.40. The van der Waals surface area contributed by atoms with E-state index in [4.69, 9.17) is 12.6 Å². The maximum Gasteiger partial charge on any atom is 0.328 e. The van der Waals surface area contributed by atoms with E-state index < -0.39 is 18.1 Å². The SMILES string of the molecule is CCC(C(=O)O)n1cc(C=C2CN(C(C(=O)C3CC3)c3ccccc3F)CCC2S)cn1. The molecule has 0 radical (unpaired) electrons. The molecule has 3 atom stereocenters. The summed E-state index contributed by atoms with van der Waals surface area (Å²) in [5.41, 5.74) is 2.23. The van der Waals surface area contributed by atoms with Gasteiger partial charge in [-0.25, -0.2) is 9.18 Å². The minimum atomic E-state index is -0.919. The van der Waals surface area contributed by atoms with Crippen molar-refractivity contribution in [1.29, 1.82) is 0 Å². The van der Waals surface area contributed by atoms with Crippen LogP contribution in [0.15, 0.2) is 42.2 Å². The van der Waals surface area contributed by atoms with Crippen LogP contribution in [0.3, 0.4) is 0 Å². The first-order chi connectivity index (χ1) is 15.4. The molecule has 1 aliphatic carbocycles. The number of thiol groups is 1. The normalized spacial score (nSPS) is 22.6. The summed E-state index contributed by atoms with van der Waals surface area (Å²) in [7, 11) is 0. The average molecular weight is 458 g/mol. The first-order valence-corrected chi connectivity index (χ1v) is 11.6. The van der Waals surface area contributed by atoms with Crippen LogP contribution in [0, 0.1) is 11.7 Å². The van der Waals surface area contributed by atoms with Crippen LogP contribution in [0.4, 0.5) is 4.39 Å². The lowest BCUT2D eigenvalue weighted by molar-refractivity contribution is -0.141. The highest BCUT2D eigenvalue weighted by molar-refractivity contribution is 7.81. The van der Waals surface area contributed by atoms with Gasteiger partial charge >= 0.3 is 5.97 Å². The smallest absolute Gasteiger partial charge is 0.328 e. The molecule has 1 saturated carbocycles. The molecule has 3 unspecified atom stereocenters. The zero-order valence-electron chi connectivity index (χ0n) is 18.0. The number of nitrogens with zero attached hydrogens (tertiary/aromatic N) is 3. The molecule has 1 aliphatic heterocycles. The van der Waals surface area contributed by atoms with E-state index in [1.807, 2.05) is 11.0 Å². The number of rotatable bonds is 8. The standard InChI is InChI=1S/C24H28FN3O3S/c1-2-20(24(30)31)28-13-15(12-26-28)11-17-14-27(10-9-21(17)32)22(23(29)16-7-8-16)18-5-3-4-6-19(18)25/h3-6,11-13,16,20-22,32H,2,7-10,14H2,1H3,(H,30,31). The van der Waals surface area contributed by atoms with Crippen LogP contribution < -0.4 is 0 Å². The van der Waals surface area contributed by atoms with E-state index in [0.29, 0.717) is 25.1 Å². The fourth-order valence-electron chi connectivity index (χ4n) is 4.36. The molecule has 32 heavy (non-hydrogen) atoms. The highest BCUT2D eigenvalue weighted by Crippen LogP contribution is 2.39. The topological polar surface area (TPSA) is 75.4 Å². The number of halogens is 1. The second-order valence-electron chi connectivity index (χ2n) is 8.61. The maximum atomic E-state index is 14.7. The summed E-state index contributed by atoms with van der Waals surface area (Å²) < 4.78 is 16.1. The molecule has 2 heterocycles. The minimum Gasteiger partial charge on any atom is -0.480 e. The quantitative estimate of drug-likeness (QED) is 0.582. The third kappa shape index (κ3) is 4.81. The van der Waals surface area contributed by atoms with Crippen molar-refractivity contribution >= 4 is 30.5 Å². The van der Waals surface area contributed by atoms with Crippen molar-refractivity contribution < 1.29 is 19.1 Å². The van der Waals surface area contributed by atoms with Crippen molar-refractivity contribution in [1.82, 2.24) is 14.7 Å². The van der Waals surface area contributed by atoms with Crippen LogP contribution in [0.1, 0.15) is 55.8 Å². The summed E-state index contributed by atoms with van der Waals surface area (Å²) in [6, 6.07) is 5.21. The van der Waals surface area contributed by atoms with E-state index in [9.17, 15) is 19.1 Å². The number of piperidine rings is 1. The third-order valence-corrected chi connectivity index (χ3v) is 6.87. The van der Waals surface area contributed by atoms with E-state index in [2.05, 4.69) is 5.10 Å². The Morgan fingerprint density at radius 3 is 2.72 bits per heavy atom. The van der Waals surface area contributed by atoms with E-state index in [1.54, 1.807) is 37.5 Å². The van der Waals surface area contributed by atoms with Crippen LogP contribution in [0.25, 0.3) is 6.08 Å². The van der Waals surface area contributed by atoms with Crippen molar-refractivity contribution in [3.63, 3.8) is 0 Å². The third-order valence-electron chi connectivity index (χ3n) is 6.28. The van der Waals surface area contributed by atoms with Crippen LogP contribution >= 0.6 is 12.6 Å². The maximum absolute atomic E-state index is 14.7. The van der Waals surface area contributed by atoms with Crippen LogP contribution in [-0.2, 0) is 9.59 Å². The number of carboxylic acid groups (broad SMARTS) is 1. The second kappa shape index (κ2) is 9.58. The molecule has 0 bridgehead atoms. The van der Waals surface area contributed by atoms with Crippen molar-refractivity contribution in [2.45, 2.75) is 49.9 Å². The van der Waals surface area contributed by atoms with Gasteiger partial charge in [0.05, 0.1) is 12.2 Å². The van der Waals surface area contributed by atoms with Gasteiger partial charge in [0.25, 0.3) is 0 Å². The zero-order valence-corrected chi connectivity index (χ0v) is 18.9. The van der Waals surface area contributed by atoms with Gasteiger partial charge in [0.15, 0.2) is 5.78 Å². The van der Waals surface area contributed by atoms with Gasteiger partial charge in [-0.3, -0.25) is 14.4 Å². The number of hydrogen-bond acceptors (Lipinski definition) is 5. The number of carboxylic acids is 1. The molecule has 1 N–H and O–H groups in total. The molecule has 8 heteroatoms. The summed E-state index contributed by atoms with van der Waals surface area (Å²) in [6.45, 7) is 2.95. The predicted octanol–water partition coefficient (Wildman–Crippen LogP) is 4.17. The number of likely N-dealkylation sites (tertiary alicyclic amines) is 1. The molecule has 0 amide bonds. The lowest BCUT2D eigenvalue weighted by atomic mass is 9.93. The van der Waals surface area contributed by atoms with Gasteiger partial charge in [0.2, 0.25) is 0 Å². The lowest BCUT2D eigenvalue weighted by Gasteiger charge is -2.37. The first kappa shape index (κ1) is 22.7. The van der Waals surface area contributed by atoms with Gasteiger partial charge in [-0.05, 0) is 37.3 Å². The summed E-state index contributed by atoms with van der Waals surface area (Å²) in [5.74, 6) is -1.17. The van der Waals surface area contributed by atoms with Crippen LogP contribution in [0.5, 0.6) is 0 Å². The number of aromatic nitrogens is 2. The number of benzene rings is 1. The molecule has 4 rings (SSSR count). The van der Waals surface area contributed by atoms with Crippen molar-refractivity contribution in [3.8, 4) is 0 Å². The van der Waals surface area contributed by atoms with Gasteiger partial charge in [-0.15, -0.1) is 0 Å². The van der Waals surface area contributed by atoms with Gasteiger partial charge in [-0.2, -0.15) is 17.7 Å². The van der Waals surface area contributed by atoms with Crippen molar-refractivity contribution in [3.05, 3.63) is 59.2 Å². The molecule has 2 aliphatic rings. The Morgan fingerprint density at radius 1 is 1.31 bits per heavy atom. The Labute approximate surface area is 192 Å². The number of aliphatic carboxylic acids is 1. The number of ketones is 1. The predicted molar refractivity (Wildman–Crippen MR) is 123 cm³/mol. The van der Waals surface area contributed by atoms with E-state index in [-0.39, 0.29) is 22.8 Å². The molecular formula is C24H28FN3O3S. The van der Waals surface area contributed by atoms with E-state index in [0.717, 1.165) is 30.4 Å². The molecule has 1 aromatic carbocycles. The Balaban J connectivity index is 1.60. The van der Waals surface area contributed by atoms with E-state index >= 15 is 0 Å². The van der Waals surface area contributed by atoms with Gasteiger partial charge in [0.1, 0.15) is 11.9 Å². The molecule has 0 spiro atoms. The zero-order chi connectivity index (χ0) is 22.8. The average Bonchev–Trinajstić information content (AvgIpc) is 3.52. The molecule has 6 nitrogen and oxygen atoms in total. The molecular weight excluding hydrogens is 429 g/mol. The lowest BCUT2D eigenvalue weighted by Crippen LogP contribution is -2.42. The van der Waals surface area contributed by atoms with Crippen LogP contribution in [-0.4, -0.2) is 49.9 Å². The first-order valence-electron chi connectivity index (χ1n) is 11.1. The Kier molecular flexibility index (Phi) is 6.81. The van der Waals surface area contributed by atoms with E-state index in [1.165, 1.54) is 10.7 Å². The van der Waals surface area contributed by atoms with Crippen LogP contribution in [0.2, 0.25) is 0 Å². The fraction of sp³-hybridized carbons (Fsp3) is 0.458. The Hall–Kier alpha value is -2.45. The van der Waals surface area contributed by atoms with Crippen molar-refractivity contribution in [2.24, 2.45) is 5.92 Å². The number of Topliss-reactive ketones (excluding diaryl/α,β-unsaturated/α-hetero) is 1. The molecule has 1 saturated heterocycles. The Morgan fingerprint density at radius 2 is 2.06 bits per heavy atom.